The highest BCUT2D eigenvalue weighted by molar-refractivity contribution is 5.76. The summed E-state index contributed by atoms with van der Waals surface area (Å²) in [5.74, 6) is -0.386. The largest absolute Gasteiger partial charge is 0.389 e. The Morgan fingerprint density at radius 2 is 2.16 bits per heavy atom. The minimum atomic E-state index is -0.757. The van der Waals surface area contributed by atoms with Gasteiger partial charge in [0.2, 0.25) is 5.91 Å². The van der Waals surface area contributed by atoms with Gasteiger partial charge in [-0.1, -0.05) is 0 Å². The van der Waals surface area contributed by atoms with Crippen LogP contribution in [0.25, 0.3) is 0 Å². The van der Waals surface area contributed by atoms with E-state index < -0.39 is 6.10 Å². The summed E-state index contributed by atoms with van der Waals surface area (Å²) in [5.41, 5.74) is 1.80. The quantitative estimate of drug-likeness (QED) is 0.855. The Hall–Kier alpha value is -1.62. The fourth-order valence-electron chi connectivity index (χ4n) is 1.86. The van der Waals surface area contributed by atoms with Crippen molar-refractivity contribution in [1.82, 2.24) is 5.32 Å². The molecule has 1 amide bonds. The van der Waals surface area contributed by atoms with Crippen LogP contribution in [-0.2, 0) is 4.79 Å². The number of hydrogen-bond acceptors (Lipinski definition) is 3. The molecule has 1 aromatic rings. The molecule has 1 aromatic carbocycles. The van der Waals surface area contributed by atoms with Gasteiger partial charge in [0.15, 0.2) is 0 Å². The van der Waals surface area contributed by atoms with Gasteiger partial charge in [0, 0.05) is 38.3 Å². The van der Waals surface area contributed by atoms with Gasteiger partial charge in [-0.05, 0) is 31.5 Å². The average molecular weight is 268 g/mol. The molecule has 0 spiro atoms. The third kappa shape index (κ3) is 3.92. The maximum atomic E-state index is 13.6. The second-order valence-corrected chi connectivity index (χ2v) is 4.68. The molecule has 0 aromatic heterocycles. The van der Waals surface area contributed by atoms with Crippen LogP contribution in [-0.4, -0.2) is 31.7 Å². The zero-order chi connectivity index (χ0) is 14.6. The lowest BCUT2D eigenvalue weighted by Gasteiger charge is -2.24. The fraction of sp³-hybridized carbons (Fsp3) is 0.500. The van der Waals surface area contributed by atoms with Gasteiger partial charge in [0.25, 0.3) is 0 Å². The molecule has 0 bridgehead atoms. The van der Waals surface area contributed by atoms with Crippen LogP contribution in [0.3, 0.4) is 0 Å². The highest BCUT2D eigenvalue weighted by Crippen LogP contribution is 2.28. The summed E-state index contributed by atoms with van der Waals surface area (Å²) in [4.78, 5) is 13.1. The van der Waals surface area contributed by atoms with Crippen LogP contribution >= 0.6 is 0 Å². The first-order valence-electron chi connectivity index (χ1n) is 6.26. The van der Waals surface area contributed by atoms with E-state index in [2.05, 4.69) is 5.32 Å². The van der Waals surface area contributed by atoms with Gasteiger partial charge in [0.1, 0.15) is 5.82 Å². The van der Waals surface area contributed by atoms with Crippen molar-refractivity contribution >= 4 is 11.6 Å². The van der Waals surface area contributed by atoms with Crippen LogP contribution in [0.2, 0.25) is 0 Å². The molecule has 19 heavy (non-hydrogen) atoms. The molecule has 0 saturated carbocycles. The smallest absolute Gasteiger partial charge is 0.221 e. The van der Waals surface area contributed by atoms with E-state index in [1.54, 1.807) is 27.0 Å². The highest BCUT2D eigenvalue weighted by Gasteiger charge is 2.15. The molecule has 5 heteroatoms. The van der Waals surface area contributed by atoms with Crippen LogP contribution in [0, 0.1) is 12.7 Å². The molecule has 106 valence electrons. The molecule has 0 unspecified atom stereocenters. The molecule has 0 aliphatic heterocycles. The number of aryl methyl sites for hydroxylation is 1. The monoisotopic (exact) mass is 268 g/mol. The standard InChI is InChI=1S/C14H21FN2O2/c1-9-7-13(11(10(2)18)8-12(9)15)17(4)6-5-14(19)16-3/h7-8,10,18H,5-6H2,1-4H3,(H,16,19)/t10-/m0/s1. The van der Waals surface area contributed by atoms with Gasteiger partial charge < -0.3 is 15.3 Å². The summed E-state index contributed by atoms with van der Waals surface area (Å²) in [6.45, 7) is 3.78. The predicted octanol–water partition coefficient (Wildman–Crippen LogP) is 1.76. The molecule has 0 fully saturated rings. The number of aliphatic hydroxyl groups is 1. The van der Waals surface area contributed by atoms with Crippen LogP contribution < -0.4 is 10.2 Å². The highest BCUT2D eigenvalue weighted by atomic mass is 19.1. The summed E-state index contributed by atoms with van der Waals surface area (Å²) >= 11 is 0. The predicted molar refractivity (Wildman–Crippen MR) is 73.7 cm³/mol. The molecule has 4 nitrogen and oxygen atoms in total. The van der Waals surface area contributed by atoms with Gasteiger partial charge >= 0.3 is 0 Å². The van der Waals surface area contributed by atoms with Gasteiger partial charge in [-0.25, -0.2) is 4.39 Å². The van der Waals surface area contributed by atoms with Crippen molar-refractivity contribution in [3.63, 3.8) is 0 Å². The number of rotatable bonds is 5. The molecule has 1 atom stereocenters. The number of halogens is 1. The summed E-state index contributed by atoms with van der Waals surface area (Å²) in [6, 6.07) is 3.05. The molecule has 0 radical (unpaired) electrons. The number of nitrogens with zero attached hydrogens (tertiary/aromatic N) is 1. The van der Waals surface area contributed by atoms with Gasteiger partial charge in [0.05, 0.1) is 6.10 Å². The lowest BCUT2D eigenvalue weighted by molar-refractivity contribution is -0.120. The van der Waals surface area contributed by atoms with E-state index in [0.717, 1.165) is 5.69 Å². The second-order valence-electron chi connectivity index (χ2n) is 4.68. The number of hydrogen-bond donors (Lipinski definition) is 2. The van der Waals surface area contributed by atoms with E-state index in [0.29, 0.717) is 24.1 Å². The maximum absolute atomic E-state index is 13.6. The summed E-state index contributed by atoms with van der Waals surface area (Å²) < 4.78 is 13.6. The fourth-order valence-corrected chi connectivity index (χ4v) is 1.86. The van der Waals surface area contributed by atoms with Gasteiger partial charge in [-0.2, -0.15) is 0 Å². The molecule has 2 N–H and O–H groups in total. The van der Waals surface area contributed by atoms with Gasteiger partial charge in [-0.15, -0.1) is 0 Å². The Balaban J connectivity index is 2.97. The number of nitrogens with one attached hydrogen (secondary N) is 1. The Bertz CT molecular complexity index is 461. The van der Waals surface area contributed by atoms with E-state index in [4.69, 9.17) is 0 Å². The zero-order valence-electron chi connectivity index (χ0n) is 11.8. The van der Waals surface area contributed by atoms with E-state index in [9.17, 15) is 14.3 Å². The second kappa shape index (κ2) is 6.52. The normalized spacial score (nSPS) is 12.1. The Morgan fingerprint density at radius 3 is 2.68 bits per heavy atom. The first-order valence-corrected chi connectivity index (χ1v) is 6.26. The van der Waals surface area contributed by atoms with Gasteiger partial charge in [-0.3, -0.25) is 4.79 Å². The molecule has 0 saturated heterocycles. The van der Waals surface area contributed by atoms with Crippen molar-refractivity contribution in [2.45, 2.75) is 26.4 Å². The number of anilines is 1. The van der Waals surface area contributed by atoms with Crippen LogP contribution in [0.15, 0.2) is 12.1 Å². The first kappa shape index (κ1) is 15.4. The van der Waals surface area contributed by atoms with E-state index in [1.165, 1.54) is 6.07 Å². The van der Waals surface area contributed by atoms with Crippen LogP contribution in [0.1, 0.15) is 30.6 Å². The summed E-state index contributed by atoms with van der Waals surface area (Å²) in [6.07, 6.45) is -0.407. The Kier molecular flexibility index (Phi) is 5.30. The van der Waals surface area contributed by atoms with Crippen molar-refractivity contribution in [3.05, 3.63) is 29.1 Å². The van der Waals surface area contributed by atoms with Crippen molar-refractivity contribution in [2.24, 2.45) is 0 Å². The van der Waals surface area contributed by atoms with Crippen molar-refractivity contribution < 1.29 is 14.3 Å². The van der Waals surface area contributed by atoms with Crippen molar-refractivity contribution in [1.29, 1.82) is 0 Å². The number of aliphatic hydroxyl groups excluding tert-OH is 1. The molecular formula is C14H21FN2O2. The first-order chi connectivity index (χ1) is 8.86. The SMILES string of the molecule is CNC(=O)CCN(C)c1cc(C)c(F)cc1[C@H](C)O. The molecular weight excluding hydrogens is 247 g/mol. The molecule has 1 rings (SSSR count). The minimum absolute atomic E-state index is 0.0516. The van der Waals surface area contributed by atoms with Crippen molar-refractivity contribution in [3.8, 4) is 0 Å². The summed E-state index contributed by atoms with van der Waals surface area (Å²) in [5, 5.41) is 12.3. The number of benzene rings is 1. The lowest BCUT2D eigenvalue weighted by atomic mass is 10.0. The molecule has 0 aliphatic rings. The van der Waals surface area contributed by atoms with E-state index >= 15 is 0 Å². The minimum Gasteiger partial charge on any atom is -0.389 e. The van der Waals surface area contributed by atoms with E-state index in [1.807, 2.05) is 11.9 Å². The average Bonchev–Trinajstić information content (AvgIpc) is 2.37. The Morgan fingerprint density at radius 1 is 1.53 bits per heavy atom. The third-order valence-electron chi connectivity index (χ3n) is 3.12. The van der Waals surface area contributed by atoms with E-state index in [-0.39, 0.29) is 11.7 Å². The molecule has 0 aliphatic carbocycles. The number of carbonyl (C=O) groups is 1. The lowest BCUT2D eigenvalue weighted by Crippen LogP contribution is -2.27. The maximum Gasteiger partial charge on any atom is 0.221 e. The Labute approximate surface area is 113 Å². The van der Waals surface area contributed by atoms with Crippen LogP contribution in [0.4, 0.5) is 10.1 Å². The summed E-state index contributed by atoms with van der Waals surface area (Å²) in [7, 11) is 3.41. The number of carbonyl (C=O) groups excluding carboxylic acids is 1. The molecule has 0 heterocycles. The zero-order valence-corrected chi connectivity index (χ0v) is 11.8. The van der Waals surface area contributed by atoms with Crippen LogP contribution in [0.5, 0.6) is 0 Å². The number of amides is 1. The third-order valence-corrected chi connectivity index (χ3v) is 3.12. The topological polar surface area (TPSA) is 52.6 Å². The van der Waals surface area contributed by atoms with Crippen molar-refractivity contribution in [2.75, 3.05) is 25.5 Å².